The van der Waals surface area contributed by atoms with Crippen LogP contribution in [0.4, 0.5) is 11.4 Å². The Balaban J connectivity index is 0.848. The van der Waals surface area contributed by atoms with Crippen molar-refractivity contribution in [3.8, 4) is 5.75 Å². The average Bonchev–Trinajstić information content (AvgIpc) is 1.55. The Morgan fingerprint density at radius 2 is 0.548 bits per heavy atom. The van der Waals surface area contributed by atoms with Crippen molar-refractivity contribution in [1.82, 2.24) is 0 Å². The van der Waals surface area contributed by atoms with Gasteiger partial charge in [0, 0.05) is 61.3 Å². The Hall–Kier alpha value is -2.46. The van der Waals surface area contributed by atoms with E-state index in [1.807, 2.05) is 24.3 Å². The Morgan fingerprint density at radius 3 is 0.810 bits per heavy atom. The average molecular weight is 1280 g/mol. The molecule has 84 heavy (non-hydrogen) atoms. The van der Waals surface area contributed by atoms with Crippen molar-refractivity contribution < 1.29 is 54.1 Å². The van der Waals surface area contributed by atoms with Crippen molar-refractivity contribution in [2.45, 2.75) is 231 Å². The van der Waals surface area contributed by atoms with Gasteiger partial charge in [-0.05, 0) is 149 Å². The minimum absolute atomic E-state index is 0.000596. The molecule has 13 fully saturated rings. The molecular formula is C61H86N2O13Si8. The summed E-state index contributed by atoms with van der Waals surface area (Å²) in [6.45, 7) is 0.349. The van der Waals surface area contributed by atoms with Crippen LogP contribution in [0.2, 0.25) is 38.8 Å². The number of benzene rings is 4. The summed E-state index contributed by atoms with van der Waals surface area (Å²) >= 11 is 0. The molecule has 4 aromatic rings. The van der Waals surface area contributed by atoms with Crippen molar-refractivity contribution >= 4 is 87.0 Å². The van der Waals surface area contributed by atoms with Crippen molar-refractivity contribution in [2.24, 2.45) is 0 Å². The lowest BCUT2D eigenvalue weighted by atomic mass is 9.85. The lowest BCUT2D eigenvalue weighted by Gasteiger charge is -2.66. The molecule has 23 heteroatoms. The second-order valence-electron chi connectivity index (χ2n) is 27.2. The molecule has 6 heterocycles. The molecule has 8 bridgehead atoms. The zero-order valence-corrected chi connectivity index (χ0v) is 56.8. The smallest absolute Gasteiger partial charge is 0.489 e. The molecule has 6 aliphatic heterocycles. The van der Waals surface area contributed by atoms with E-state index in [1.54, 1.807) is 0 Å². The Bertz CT molecular complexity index is 2760. The van der Waals surface area contributed by atoms with Crippen LogP contribution in [-0.2, 0) is 56.0 Å². The second kappa shape index (κ2) is 22.2. The number of nitrogen functional groups attached to an aromatic ring is 2. The van der Waals surface area contributed by atoms with Crippen LogP contribution in [0, 0.1) is 0 Å². The minimum Gasteiger partial charge on any atom is -0.489 e. The molecule has 7 aliphatic carbocycles. The van der Waals surface area contributed by atoms with E-state index in [9.17, 15) is 0 Å². The molecule has 0 atom stereocenters. The molecule has 13 aliphatic rings. The van der Waals surface area contributed by atoms with E-state index < -0.39 is 70.4 Å². The maximum atomic E-state index is 8.62. The molecule has 6 saturated heterocycles. The zero-order chi connectivity index (χ0) is 56.2. The molecule has 15 nitrogen and oxygen atoms in total. The van der Waals surface area contributed by atoms with E-state index in [0.717, 1.165) is 224 Å². The third kappa shape index (κ3) is 9.82. The predicted octanol–water partition coefficient (Wildman–Crippen LogP) is 14.2. The number of ether oxygens (including phenoxy) is 1. The second-order valence-corrected chi connectivity index (χ2v) is 52.8. The van der Waals surface area contributed by atoms with Crippen LogP contribution in [0.15, 0.2) is 97.1 Å². The van der Waals surface area contributed by atoms with Crippen molar-refractivity contribution in [3.63, 3.8) is 0 Å². The van der Waals surface area contributed by atoms with Crippen LogP contribution >= 0.6 is 0 Å². The molecule has 17 rings (SSSR count). The van der Waals surface area contributed by atoms with Gasteiger partial charge in [0.1, 0.15) is 12.4 Å². The van der Waals surface area contributed by atoms with Gasteiger partial charge in [0.2, 0.25) is 0 Å². The van der Waals surface area contributed by atoms with Gasteiger partial charge in [-0.15, -0.1) is 0 Å². The van der Waals surface area contributed by atoms with E-state index in [-0.39, 0.29) is 44.7 Å². The molecule has 0 unspecified atom stereocenters. The number of hydrogen-bond donors (Lipinski definition) is 2. The normalized spacial score (nSPS) is 38.1. The quantitative estimate of drug-likeness (QED) is 0.0693. The van der Waals surface area contributed by atoms with Crippen LogP contribution in [0.25, 0.3) is 0 Å². The molecular weight excluding hydrogens is 1190 g/mol. The van der Waals surface area contributed by atoms with Gasteiger partial charge in [0.05, 0.1) is 0 Å². The number of nitrogens with two attached hydrogens (primary N) is 2. The predicted molar refractivity (Wildman–Crippen MR) is 334 cm³/mol. The standard InChI is InChI=1S/C61H86N2O13Si8/c62-50-37-31-47(32-38-50)61(48-33-39-51(63)40-34-48)49-35-41-52(42-36-49)64-45-46-29-43-60(44-30-46)84-74-81(57-23-9-10-24-57)68-78(54-17-3-4-18-54)65-77(53-15-1-2-16-53)66-79(70-81,55-19-5-6-20-55)72-83(76-84,59-27-13-14-28-59)73-80(67-77,56-21-7-8-22-56)71-82(69-78,75-84)58-25-11-12-26-58/h29-44,53-59,61H,1-28,45,62-63H2. The Morgan fingerprint density at radius 1 is 0.310 bits per heavy atom. The first-order valence-electron chi connectivity index (χ1n) is 33.0. The number of rotatable bonds is 14. The minimum atomic E-state index is -4.41. The third-order valence-electron chi connectivity index (χ3n) is 21.8. The maximum Gasteiger partial charge on any atom is 0.515 e. The zero-order valence-electron chi connectivity index (χ0n) is 48.8. The fourth-order valence-corrected chi connectivity index (χ4v) is 73.0. The van der Waals surface area contributed by atoms with E-state index in [0.29, 0.717) is 6.61 Å². The number of hydrogen-bond acceptors (Lipinski definition) is 15. The molecule has 4 aromatic carbocycles. The van der Waals surface area contributed by atoms with Crippen LogP contribution in [-0.4, -0.2) is 70.4 Å². The summed E-state index contributed by atoms with van der Waals surface area (Å²) in [6, 6.07) is 33.4. The van der Waals surface area contributed by atoms with E-state index >= 15 is 0 Å². The van der Waals surface area contributed by atoms with Crippen molar-refractivity contribution in [2.75, 3.05) is 11.5 Å². The van der Waals surface area contributed by atoms with Gasteiger partial charge in [-0.25, -0.2) is 0 Å². The summed E-state index contributed by atoms with van der Waals surface area (Å²) in [7, 11) is -33.0. The topological polar surface area (TPSA) is 172 Å². The highest BCUT2D eigenvalue weighted by molar-refractivity contribution is 7.06. The highest BCUT2D eigenvalue weighted by Gasteiger charge is 2.88. The summed E-state index contributed by atoms with van der Waals surface area (Å²) in [5.41, 5.74) is 18.1. The van der Waals surface area contributed by atoms with E-state index in [2.05, 4.69) is 72.8 Å². The summed E-state index contributed by atoms with van der Waals surface area (Å²) < 4.78 is 110. The van der Waals surface area contributed by atoms with Gasteiger partial charge in [-0.2, -0.15) is 0 Å². The summed E-state index contributed by atoms with van der Waals surface area (Å²) in [6.07, 6.45) is 28.0. The van der Waals surface area contributed by atoms with E-state index in [1.165, 1.54) is 0 Å². The molecule has 7 saturated carbocycles. The molecule has 0 spiro atoms. The monoisotopic (exact) mass is 1280 g/mol. The summed E-state index contributed by atoms with van der Waals surface area (Å²) in [5, 5.41) is 0.838. The van der Waals surface area contributed by atoms with Crippen LogP contribution in [0.5, 0.6) is 5.75 Å². The van der Waals surface area contributed by atoms with Gasteiger partial charge in [0.25, 0.3) is 0 Å². The van der Waals surface area contributed by atoms with Crippen molar-refractivity contribution in [1.29, 1.82) is 0 Å². The fraction of sp³-hybridized carbons (Fsp3) is 0.607. The number of anilines is 2. The van der Waals surface area contributed by atoms with Crippen LogP contribution in [0.1, 0.15) is 208 Å². The molecule has 450 valence electrons. The highest BCUT2D eigenvalue weighted by atomic mass is 28.6. The molecule has 4 N–H and O–H groups in total. The van der Waals surface area contributed by atoms with Gasteiger partial charge in [-0.1, -0.05) is 151 Å². The molecule has 0 amide bonds. The summed E-state index contributed by atoms with van der Waals surface area (Å²) in [4.78, 5) is 0. The Labute approximate surface area is 505 Å². The van der Waals surface area contributed by atoms with Crippen LogP contribution < -0.4 is 21.4 Å². The third-order valence-corrected chi connectivity index (χ3v) is 61.0. The van der Waals surface area contributed by atoms with Gasteiger partial charge < -0.3 is 65.6 Å². The fourth-order valence-electron chi connectivity index (χ4n) is 17.4. The highest BCUT2D eigenvalue weighted by Crippen LogP contribution is 2.66. The first-order chi connectivity index (χ1) is 41.0. The SMILES string of the molecule is Nc1ccc(C(c2ccc(N)cc2)c2ccc(OCc3ccc([Si]45O[Si]6(C7CCCC7)O[Si]7(C8CCCC8)O[Si](C8CCCC8)(O4)O[Si]4(C8CCCC8)O[Si](C8CCCC8)(O5)O[Si](C5CCCC5)(O6)O[Si](C5CCCC5)(O7)O4)cc3)cc2)cc1. The summed E-state index contributed by atoms with van der Waals surface area (Å²) in [5.74, 6) is 0.768. The lowest BCUT2D eigenvalue weighted by molar-refractivity contribution is -0.0428. The first-order valence-corrected chi connectivity index (χ1v) is 47.3. The first kappa shape index (κ1) is 56.7. The maximum absolute atomic E-state index is 8.62. The van der Waals surface area contributed by atoms with Gasteiger partial charge >= 0.3 is 70.4 Å². The largest absolute Gasteiger partial charge is 0.515 e. The van der Waals surface area contributed by atoms with Gasteiger partial charge in [-0.3, -0.25) is 0 Å². The van der Waals surface area contributed by atoms with Crippen molar-refractivity contribution in [3.05, 3.63) is 119 Å². The lowest BCUT2D eigenvalue weighted by Crippen LogP contribution is -2.91. The Kier molecular flexibility index (Phi) is 15.0. The van der Waals surface area contributed by atoms with Crippen LogP contribution in [0.3, 0.4) is 0 Å². The molecule has 0 aromatic heterocycles. The van der Waals surface area contributed by atoms with Gasteiger partial charge in [0.15, 0.2) is 0 Å². The van der Waals surface area contributed by atoms with E-state index in [4.69, 9.17) is 65.6 Å². The molecule has 0 radical (unpaired) electrons.